The first-order valence-corrected chi connectivity index (χ1v) is 17.9. The van der Waals surface area contributed by atoms with E-state index >= 15 is 0 Å². The third kappa shape index (κ3) is 5.25. The van der Waals surface area contributed by atoms with Crippen LogP contribution in [0.1, 0.15) is 0 Å². The van der Waals surface area contributed by atoms with Gasteiger partial charge in [-0.3, -0.25) is 0 Å². The van der Waals surface area contributed by atoms with Crippen LogP contribution in [0.15, 0.2) is 176 Å². The van der Waals surface area contributed by atoms with E-state index < -0.39 is 0 Å². The maximum atomic E-state index is 5.25. The normalized spacial score (nSPS) is 11.5. The van der Waals surface area contributed by atoms with E-state index in [-0.39, 0.29) is 0 Å². The van der Waals surface area contributed by atoms with E-state index in [0.717, 1.165) is 33.2 Å². The van der Waals surface area contributed by atoms with Crippen molar-refractivity contribution in [1.29, 1.82) is 0 Å². The van der Waals surface area contributed by atoms with Crippen LogP contribution in [0.4, 0.5) is 0 Å². The molecular formula is C47H29N3S. The molecule has 2 aromatic heterocycles. The largest absolute Gasteiger partial charge is 0.208 e. The number of rotatable bonds is 5. The molecule has 2 heterocycles. The van der Waals surface area contributed by atoms with Crippen molar-refractivity contribution in [1.82, 2.24) is 15.0 Å². The molecule has 238 valence electrons. The molecule has 0 bridgehead atoms. The summed E-state index contributed by atoms with van der Waals surface area (Å²) in [6, 6.07) is 62.2. The molecule has 0 saturated heterocycles. The molecule has 4 heteroatoms. The fourth-order valence-corrected chi connectivity index (χ4v) is 8.40. The molecule has 0 aliphatic heterocycles. The minimum atomic E-state index is 0.649. The minimum absolute atomic E-state index is 0.649. The van der Waals surface area contributed by atoms with E-state index in [0.29, 0.717) is 17.5 Å². The lowest BCUT2D eigenvalue weighted by Gasteiger charge is -2.12. The van der Waals surface area contributed by atoms with Crippen molar-refractivity contribution >= 4 is 53.1 Å². The molecule has 0 saturated carbocycles. The van der Waals surface area contributed by atoms with E-state index in [4.69, 9.17) is 15.0 Å². The zero-order valence-corrected chi connectivity index (χ0v) is 28.3. The van der Waals surface area contributed by atoms with Gasteiger partial charge < -0.3 is 0 Å². The highest BCUT2D eigenvalue weighted by Crippen LogP contribution is 2.45. The highest BCUT2D eigenvalue weighted by molar-refractivity contribution is 7.26. The first-order valence-electron chi connectivity index (χ1n) is 17.1. The maximum absolute atomic E-state index is 5.25. The van der Waals surface area contributed by atoms with E-state index in [1.54, 1.807) is 0 Å². The van der Waals surface area contributed by atoms with Gasteiger partial charge >= 0.3 is 0 Å². The van der Waals surface area contributed by atoms with E-state index in [9.17, 15) is 0 Å². The molecule has 0 radical (unpaired) electrons. The van der Waals surface area contributed by atoms with Crippen molar-refractivity contribution in [3.8, 4) is 56.4 Å². The Labute approximate surface area is 299 Å². The smallest absolute Gasteiger partial charge is 0.164 e. The second kappa shape index (κ2) is 12.1. The molecule has 0 fully saturated rings. The molecular weight excluding hydrogens is 639 g/mol. The highest BCUT2D eigenvalue weighted by Gasteiger charge is 2.20. The third-order valence-electron chi connectivity index (χ3n) is 9.68. The van der Waals surface area contributed by atoms with Crippen molar-refractivity contribution in [2.45, 2.75) is 0 Å². The summed E-state index contributed by atoms with van der Waals surface area (Å²) < 4.78 is 2.48. The van der Waals surface area contributed by atoms with Gasteiger partial charge in [0.25, 0.3) is 0 Å². The number of hydrogen-bond donors (Lipinski definition) is 0. The fraction of sp³-hybridized carbons (Fsp3) is 0. The van der Waals surface area contributed by atoms with Gasteiger partial charge in [0.05, 0.1) is 0 Å². The molecule has 8 aromatic carbocycles. The van der Waals surface area contributed by atoms with Crippen LogP contribution in [0.5, 0.6) is 0 Å². The number of fused-ring (bicyclic) bond motifs is 6. The van der Waals surface area contributed by atoms with Gasteiger partial charge in [-0.15, -0.1) is 11.3 Å². The van der Waals surface area contributed by atoms with E-state index in [1.165, 1.54) is 47.5 Å². The lowest BCUT2D eigenvalue weighted by molar-refractivity contribution is 1.08. The predicted octanol–water partition coefficient (Wildman–Crippen LogP) is 12.9. The van der Waals surface area contributed by atoms with Gasteiger partial charge in [-0.25, -0.2) is 15.0 Å². The van der Waals surface area contributed by atoms with Gasteiger partial charge in [-0.1, -0.05) is 146 Å². The standard InChI is InChI=1S/C47H29N3S/c1-3-12-30(13-4-1)34-18-11-19-38(27-34)46-48-45(32-15-5-2-6-16-32)49-47(50-46)41-29-37-25-24-36(35-23-22-31-14-7-8-17-33(31)26-35)28-40(37)44-43(41)39-20-9-10-21-42(39)51-44/h1-29H. The zero-order chi connectivity index (χ0) is 33.7. The first-order chi connectivity index (χ1) is 25.2. The zero-order valence-electron chi connectivity index (χ0n) is 27.5. The Bertz CT molecular complexity index is 2910. The molecule has 0 N–H and O–H groups in total. The lowest BCUT2D eigenvalue weighted by Crippen LogP contribution is -2.00. The second-order valence-corrected chi connectivity index (χ2v) is 13.9. The van der Waals surface area contributed by atoms with Gasteiger partial charge in [0.1, 0.15) is 0 Å². The third-order valence-corrected chi connectivity index (χ3v) is 10.9. The molecule has 10 rings (SSSR count). The van der Waals surface area contributed by atoms with Crippen LogP contribution in [0, 0.1) is 0 Å². The average molecular weight is 668 g/mol. The molecule has 0 unspecified atom stereocenters. The van der Waals surface area contributed by atoms with Crippen molar-refractivity contribution in [3.05, 3.63) is 176 Å². The molecule has 0 spiro atoms. The van der Waals surface area contributed by atoms with Crippen LogP contribution in [-0.2, 0) is 0 Å². The van der Waals surface area contributed by atoms with Crippen LogP contribution in [0.2, 0.25) is 0 Å². The van der Waals surface area contributed by atoms with Gasteiger partial charge in [-0.05, 0) is 68.7 Å². The van der Waals surface area contributed by atoms with Gasteiger partial charge in [-0.2, -0.15) is 0 Å². The number of thiophene rings is 1. The maximum Gasteiger partial charge on any atom is 0.164 e. The number of nitrogens with zero attached hydrogens (tertiary/aromatic N) is 3. The van der Waals surface area contributed by atoms with E-state index in [2.05, 4.69) is 152 Å². The summed E-state index contributed by atoms with van der Waals surface area (Å²) in [5, 5.41) is 7.26. The predicted molar refractivity (Wildman–Crippen MR) is 215 cm³/mol. The summed E-state index contributed by atoms with van der Waals surface area (Å²) in [7, 11) is 0. The van der Waals surface area contributed by atoms with Crippen molar-refractivity contribution < 1.29 is 0 Å². The van der Waals surface area contributed by atoms with Crippen molar-refractivity contribution in [2.24, 2.45) is 0 Å². The van der Waals surface area contributed by atoms with E-state index in [1.807, 2.05) is 35.6 Å². The Morgan fingerprint density at radius 2 is 0.922 bits per heavy atom. The Morgan fingerprint density at radius 1 is 0.333 bits per heavy atom. The first kappa shape index (κ1) is 29.4. The summed E-state index contributed by atoms with van der Waals surface area (Å²) in [6.07, 6.45) is 0. The van der Waals surface area contributed by atoms with Crippen molar-refractivity contribution in [3.63, 3.8) is 0 Å². The van der Waals surface area contributed by atoms with Crippen LogP contribution < -0.4 is 0 Å². The molecule has 0 aliphatic rings. The van der Waals surface area contributed by atoms with Crippen molar-refractivity contribution in [2.75, 3.05) is 0 Å². The number of hydrogen-bond acceptors (Lipinski definition) is 4. The van der Waals surface area contributed by atoms with Crippen LogP contribution in [0.3, 0.4) is 0 Å². The topological polar surface area (TPSA) is 38.7 Å². The van der Waals surface area contributed by atoms with Gasteiger partial charge in [0.15, 0.2) is 17.5 Å². The number of aromatic nitrogens is 3. The summed E-state index contributed by atoms with van der Waals surface area (Å²) in [5.74, 6) is 1.97. The Balaban J connectivity index is 1.21. The number of benzene rings is 8. The summed E-state index contributed by atoms with van der Waals surface area (Å²) in [4.78, 5) is 15.5. The summed E-state index contributed by atoms with van der Waals surface area (Å²) in [5.41, 5.74) is 7.59. The Hall–Kier alpha value is -6.49. The average Bonchev–Trinajstić information content (AvgIpc) is 3.61. The molecule has 0 aliphatic carbocycles. The van der Waals surface area contributed by atoms with Crippen LogP contribution in [-0.4, -0.2) is 15.0 Å². The molecule has 3 nitrogen and oxygen atoms in total. The summed E-state index contributed by atoms with van der Waals surface area (Å²) in [6.45, 7) is 0. The van der Waals surface area contributed by atoms with Crippen LogP contribution in [0.25, 0.3) is 98.1 Å². The molecule has 0 amide bonds. The van der Waals surface area contributed by atoms with Crippen LogP contribution >= 0.6 is 11.3 Å². The molecule has 0 atom stereocenters. The fourth-order valence-electron chi connectivity index (χ4n) is 7.14. The quantitative estimate of drug-likeness (QED) is 0.183. The molecule has 51 heavy (non-hydrogen) atoms. The summed E-state index contributed by atoms with van der Waals surface area (Å²) >= 11 is 1.84. The van der Waals surface area contributed by atoms with Gasteiger partial charge in [0.2, 0.25) is 0 Å². The second-order valence-electron chi connectivity index (χ2n) is 12.8. The molecule has 10 aromatic rings. The monoisotopic (exact) mass is 667 g/mol. The highest BCUT2D eigenvalue weighted by atomic mass is 32.1. The Morgan fingerprint density at radius 3 is 1.75 bits per heavy atom. The van der Waals surface area contributed by atoms with Gasteiger partial charge in [0, 0.05) is 42.2 Å². The SMILES string of the molecule is c1ccc(-c2cccc(-c3nc(-c4ccccc4)nc(-c4cc5ccc(-c6ccc7ccccc7c6)cc5c5sc6ccccc6c45)n3)c2)cc1. The lowest BCUT2D eigenvalue weighted by atomic mass is 9.95. The Kier molecular flexibility index (Phi) is 7.00. The minimum Gasteiger partial charge on any atom is -0.208 e.